The Morgan fingerprint density at radius 3 is 2.44 bits per heavy atom. The zero-order valence-electron chi connectivity index (χ0n) is 10.6. The molecule has 5 heteroatoms. The van der Waals surface area contributed by atoms with Crippen molar-refractivity contribution >= 4 is 10.0 Å². The molecular formula is C13H18FNO2S. The van der Waals surface area contributed by atoms with E-state index in [2.05, 4.69) is 0 Å². The van der Waals surface area contributed by atoms with Crippen LogP contribution in [0.15, 0.2) is 24.3 Å². The number of sulfonamides is 1. The van der Waals surface area contributed by atoms with Crippen LogP contribution >= 0.6 is 0 Å². The van der Waals surface area contributed by atoms with Crippen molar-refractivity contribution in [2.45, 2.75) is 44.5 Å². The predicted octanol–water partition coefficient (Wildman–Crippen LogP) is 2.53. The van der Waals surface area contributed by atoms with Crippen molar-refractivity contribution < 1.29 is 12.8 Å². The highest BCUT2D eigenvalue weighted by Gasteiger charge is 2.38. The Balaban J connectivity index is 2.26. The molecule has 0 atom stereocenters. The second-order valence-corrected chi connectivity index (χ2v) is 7.40. The number of hydrogen-bond acceptors (Lipinski definition) is 2. The summed E-state index contributed by atoms with van der Waals surface area (Å²) in [6.07, 6.45) is 1.75. The van der Waals surface area contributed by atoms with Crippen LogP contribution in [0.3, 0.4) is 0 Å². The van der Waals surface area contributed by atoms with Crippen molar-refractivity contribution in [3.05, 3.63) is 35.6 Å². The van der Waals surface area contributed by atoms with E-state index in [1.54, 1.807) is 32.0 Å². The van der Waals surface area contributed by atoms with Crippen molar-refractivity contribution in [1.82, 2.24) is 4.31 Å². The molecule has 0 heterocycles. The molecule has 2 rings (SSSR count). The predicted molar refractivity (Wildman–Crippen MR) is 69.0 cm³/mol. The first-order valence-electron chi connectivity index (χ1n) is 6.17. The summed E-state index contributed by atoms with van der Waals surface area (Å²) >= 11 is 0. The molecule has 0 aromatic heterocycles. The van der Waals surface area contributed by atoms with Gasteiger partial charge in [0.2, 0.25) is 10.0 Å². The fourth-order valence-corrected chi connectivity index (χ4v) is 3.34. The van der Waals surface area contributed by atoms with Gasteiger partial charge in [0, 0.05) is 18.2 Å². The van der Waals surface area contributed by atoms with Crippen LogP contribution in [0.1, 0.15) is 32.3 Å². The number of nitrogens with zero attached hydrogens (tertiary/aromatic N) is 1. The lowest BCUT2D eigenvalue weighted by molar-refractivity contribution is 0.387. The third-order valence-electron chi connectivity index (χ3n) is 3.16. The van der Waals surface area contributed by atoms with Gasteiger partial charge in [-0.15, -0.1) is 0 Å². The lowest BCUT2D eigenvalue weighted by Gasteiger charge is -2.24. The first-order chi connectivity index (χ1) is 8.43. The topological polar surface area (TPSA) is 37.4 Å². The van der Waals surface area contributed by atoms with Crippen molar-refractivity contribution in [3.63, 3.8) is 0 Å². The van der Waals surface area contributed by atoms with Gasteiger partial charge in [0.05, 0.1) is 5.25 Å². The third-order valence-corrected chi connectivity index (χ3v) is 5.43. The van der Waals surface area contributed by atoms with E-state index < -0.39 is 15.3 Å². The van der Waals surface area contributed by atoms with Gasteiger partial charge in [-0.1, -0.05) is 18.2 Å². The fourth-order valence-electron chi connectivity index (χ4n) is 1.85. The lowest BCUT2D eigenvalue weighted by atomic mass is 10.2. The minimum atomic E-state index is -3.32. The molecule has 100 valence electrons. The molecule has 0 unspecified atom stereocenters. The van der Waals surface area contributed by atoms with E-state index in [0.29, 0.717) is 5.56 Å². The Hall–Kier alpha value is -0.940. The average molecular weight is 271 g/mol. The molecule has 0 bridgehead atoms. The summed E-state index contributed by atoms with van der Waals surface area (Å²) in [5.41, 5.74) is 0.439. The molecule has 1 aliphatic rings. The van der Waals surface area contributed by atoms with Gasteiger partial charge in [-0.05, 0) is 32.8 Å². The molecule has 1 aromatic carbocycles. The van der Waals surface area contributed by atoms with E-state index in [-0.39, 0.29) is 18.4 Å². The summed E-state index contributed by atoms with van der Waals surface area (Å²) in [5.74, 6) is -0.345. The van der Waals surface area contributed by atoms with Gasteiger partial charge in [0.15, 0.2) is 0 Å². The van der Waals surface area contributed by atoms with Gasteiger partial charge in [0.25, 0.3) is 0 Å². The highest BCUT2D eigenvalue weighted by Crippen LogP contribution is 2.32. The minimum absolute atomic E-state index is 0.0528. The van der Waals surface area contributed by atoms with Gasteiger partial charge in [-0.25, -0.2) is 12.8 Å². The first kappa shape index (κ1) is 13.5. The highest BCUT2D eigenvalue weighted by molar-refractivity contribution is 7.89. The molecule has 1 aliphatic carbocycles. The van der Waals surface area contributed by atoms with Crippen molar-refractivity contribution in [2.75, 3.05) is 0 Å². The number of benzene rings is 1. The number of rotatable bonds is 5. The van der Waals surface area contributed by atoms with Gasteiger partial charge >= 0.3 is 0 Å². The minimum Gasteiger partial charge on any atom is -0.212 e. The molecular weight excluding hydrogens is 253 g/mol. The molecule has 0 spiro atoms. The van der Waals surface area contributed by atoms with E-state index in [1.165, 1.54) is 10.4 Å². The number of hydrogen-bond donors (Lipinski definition) is 0. The van der Waals surface area contributed by atoms with Crippen LogP contribution in [0.5, 0.6) is 0 Å². The largest absolute Gasteiger partial charge is 0.216 e. The van der Waals surface area contributed by atoms with Crippen molar-refractivity contribution in [3.8, 4) is 0 Å². The van der Waals surface area contributed by atoms with Crippen LogP contribution in [0.2, 0.25) is 0 Å². The lowest BCUT2D eigenvalue weighted by Crippen LogP contribution is -2.37. The summed E-state index contributed by atoms with van der Waals surface area (Å²) < 4.78 is 39.5. The van der Waals surface area contributed by atoms with Gasteiger partial charge in [-0.3, -0.25) is 0 Å². The second kappa shape index (κ2) is 4.97. The Bertz CT molecular complexity index is 524. The van der Waals surface area contributed by atoms with E-state index in [0.717, 1.165) is 12.8 Å². The molecule has 0 aliphatic heterocycles. The van der Waals surface area contributed by atoms with Crippen LogP contribution < -0.4 is 0 Å². The van der Waals surface area contributed by atoms with E-state index in [9.17, 15) is 12.8 Å². The molecule has 1 aromatic rings. The monoisotopic (exact) mass is 271 g/mol. The summed E-state index contributed by atoms with van der Waals surface area (Å²) in [7, 11) is -3.32. The highest BCUT2D eigenvalue weighted by atomic mass is 32.2. The standard InChI is InChI=1S/C13H18FNO2S/c1-10(2)18(16,17)15(12-7-8-12)9-11-5-3-4-6-13(11)14/h3-6,10,12H,7-9H2,1-2H3. The Morgan fingerprint density at radius 2 is 1.94 bits per heavy atom. The maximum absolute atomic E-state index is 13.6. The van der Waals surface area contributed by atoms with Crippen LogP contribution in [0, 0.1) is 5.82 Å². The second-order valence-electron chi connectivity index (χ2n) is 4.96. The van der Waals surface area contributed by atoms with E-state index in [4.69, 9.17) is 0 Å². The fraction of sp³-hybridized carbons (Fsp3) is 0.538. The Kier molecular flexibility index (Phi) is 3.73. The van der Waals surface area contributed by atoms with Gasteiger partial charge in [-0.2, -0.15) is 4.31 Å². The summed E-state index contributed by atoms with van der Waals surface area (Å²) in [5, 5.41) is -0.468. The van der Waals surface area contributed by atoms with Crippen LogP contribution in [-0.4, -0.2) is 24.0 Å². The maximum Gasteiger partial charge on any atom is 0.216 e. The zero-order chi connectivity index (χ0) is 13.3. The molecule has 18 heavy (non-hydrogen) atoms. The zero-order valence-corrected chi connectivity index (χ0v) is 11.5. The first-order valence-corrected chi connectivity index (χ1v) is 7.67. The Labute approximate surface area is 108 Å². The van der Waals surface area contributed by atoms with Crippen LogP contribution in [0.4, 0.5) is 4.39 Å². The van der Waals surface area contributed by atoms with E-state index >= 15 is 0 Å². The summed E-state index contributed by atoms with van der Waals surface area (Å²) in [4.78, 5) is 0. The summed E-state index contributed by atoms with van der Waals surface area (Å²) in [6, 6.07) is 6.39. The maximum atomic E-state index is 13.6. The third kappa shape index (κ3) is 2.72. The quantitative estimate of drug-likeness (QED) is 0.825. The molecule has 0 N–H and O–H groups in total. The van der Waals surface area contributed by atoms with Crippen molar-refractivity contribution in [1.29, 1.82) is 0 Å². The average Bonchev–Trinajstić information content (AvgIpc) is 3.11. The molecule has 3 nitrogen and oxygen atoms in total. The van der Waals surface area contributed by atoms with E-state index in [1.807, 2.05) is 0 Å². The normalized spacial score (nSPS) is 16.5. The molecule has 0 amide bonds. The molecule has 1 saturated carbocycles. The van der Waals surface area contributed by atoms with Gasteiger partial charge < -0.3 is 0 Å². The SMILES string of the molecule is CC(C)S(=O)(=O)N(Cc1ccccc1F)C1CC1. The Morgan fingerprint density at radius 1 is 1.33 bits per heavy atom. The van der Waals surface area contributed by atoms with Crippen molar-refractivity contribution in [2.24, 2.45) is 0 Å². The van der Waals surface area contributed by atoms with Crippen LogP contribution in [0.25, 0.3) is 0 Å². The summed E-state index contributed by atoms with van der Waals surface area (Å²) in [6.45, 7) is 3.45. The number of halogens is 1. The smallest absolute Gasteiger partial charge is 0.212 e. The molecule has 1 fully saturated rings. The van der Waals surface area contributed by atoms with Gasteiger partial charge in [0.1, 0.15) is 5.82 Å². The van der Waals surface area contributed by atoms with Crippen LogP contribution in [-0.2, 0) is 16.6 Å². The molecule has 0 saturated heterocycles. The molecule has 0 radical (unpaired) electrons.